The topological polar surface area (TPSA) is 519 Å². The third-order valence-electron chi connectivity index (χ3n) is 12.1. The monoisotopic (exact) mass is 1220 g/mol. The average Bonchev–Trinajstić information content (AvgIpc) is 3.42. The van der Waals surface area contributed by atoms with E-state index in [1.54, 1.807) is 6.92 Å². The van der Waals surface area contributed by atoms with Crippen LogP contribution in [0.25, 0.3) is 0 Å². The highest BCUT2D eigenvalue weighted by Gasteiger charge is 2.35. The molecule has 0 heterocycles. The lowest BCUT2D eigenvalue weighted by Crippen LogP contribution is -2.58. The third-order valence-corrected chi connectivity index (χ3v) is 12.1. The van der Waals surface area contributed by atoms with Crippen molar-refractivity contribution in [2.75, 3.05) is 105 Å². The number of carbonyl (C=O) groups is 14. The van der Waals surface area contributed by atoms with Crippen molar-refractivity contribution in [3.05, 3.63) is 0 Å². The van der Waals surface area contributed by atoms with E-state index in [-0.39, 0.29) is 152 Å². The number of carboxylic acids is 9. The van der Waals surface area contributed by atoms with Crippen molar-refractivity contribution in [2.24, 2.45) is 0 Å². The van der Waals surface area contributed by atoms with E-state index in [4.69, 9.17) is 44.8 Å². The van der Waals surface area contributed by atoms with Gasteiger partial charge in [0.1, 0.15) is 23.7 Å². The Hall–Kier alpha value is -7.66. The van der Waals surface area contributed by atoms with Gasteiger partial charge < -0.3 is 86.8 Å². The molecular formula is C50H88N8O26. The van der Waals surface area contributed by atoms with Crippen molar-refractivity contribution in [3.8, 4) is 0 Å². The van der Waals surface area contributed by atoms with Crippen LogP contribution in [0.1, 0.15) is 108 Å². The Bertz CT molecular complexity index is 1940. The van der Waals surface area contributed by atoms with E-state index in [1.807, 2.05) is 0 Å². The molecule has 3 atom stereocenters. The van der Waals surface area contributed by atoms with Crippen LogP contribution >= 0.6 is 0 Å². The van der Waals surface area contributed by atoms with Gasteiger partial charge >= 0.3 is 53.7 Å². The van der Waals surface area contributed by atoms with Crippen molar-refractivity contribution in [3.63, 3.8) is 0 Å². The summed E-state index contributed by atoms with van der Waals surface area (Å²) >= 11 is 0. The molecule has 5 amide bonds. The largest absolute Gasteiger partial charge is 0.480 e. The fourth-order valence-corrected chi connectivity index (χ4v) is 8.09. The van der Waals surface area contributed by atoms with Gasteiger partial charge in [0.15, 0.2) is 0 Å². The van der Waals surface area contributed by atoms with Gasteiger partial charge in [-0.15, -0.1) is 0 Å². The van der Waals surface area contributed by atoms with Gasteiger partial charge in [0, 0.05) is 62.6 Å². The van der Waals surface area contributed by atoms with Crippen LogP contribution in [0.15, 0.2) is 0 Å². The maximum absolute atomic E-state index is 13.5. The van der Waals surface area contributed by atoms with Crippen molar-refractivity contribution in [1.82, 2.24) is 41.3 Å². The fourth-order valence-electron chi connectivity index (χ4n) is 8.09. The van der Waals surface area contributed by atoms with Gasteiger partial charge in [-0.05, 0) is 64.2 Å². The summed E-state index contributed by atoms with van der Waals surface area (Å²) in [6.45, 7) is -5.01. The first-order valence-electron chi connectivity index (χ1n) is 26.9. The summed E-state index contributed by atoms with van der Waals surface area (Å²) in [4.78, 5) is 169. The van der Waals surface area contributed by atoms with Gasteiger partial charge in [-0.25, -0.2) is 0 Å². The molecule has 0 aromatic rings. The molecule has 0 aliphatic rings. The molecule has 84 heavy (non-hydrogen) atoms. The number of hydrogen-bond donors (Lipinski definition) is 14. The van der Waals surface area contributed by atoms with E-state index in [1.165, 1.54) is 0 Å². The zero-order valence-electron chi connectivity index (χ0n) is 47.0. The zero-order valence-corrected chi connectivity index (χ0v) is 47.0. The number of hydrogen-bond acceptors (Lipinski definition) is 20. The molecule has 0 rings (SSSR count). The second kappa shape index (κ2) is 43.9. The lowest BCUT2D eigenvalue weighted by Gasteiger charge is -2.34. The summed E-state index contributed by atoms with van der Waals surface area (Å²) in [6.07, 6.45) is 0.296. The highest BCUT2D eigenvalue weighted by molar-refractivity contribution is 5.81. The molecule has 0 saturated carbocycles. The van der Waals surface area contributed by atoms with Crippen molar-refractivity contribution >= 4 is 83.3 Å². The van der Waals surface area contributed by atoms with Gasteiger partial charge in [-0.3, -0.25) is 81.8 Å². The lowest BCUT2D eigenvalue weighted by atomic mass is 10.0. The van der Waals surface area contributed by atoms with Crippen molar-refractivity contribution in [1.29, 1.82) is 0 Å². The molecule has 0 radical (unpaired) electrons. The van der Waals surface area contributed by atoms with E-state index in [9.17, 15) is 82.4 Å². The van der Waals surface area contributed by atoms with E-state index < -0.39 is 160 Å². The maximum atomic E-state index is 13.5. The van der Waals surface area contributed by atoms with Crippen LogP contribution in [0.2, 0.25) is 0 Å². The van der Waals surface area contributed by atoms with Crippen LogP contribution in [0, 0.1) is 0 Å². The number of carboxylic acid groups (broad SMARTS) is 9. The third kappa shape index (κ3) is 38.2. The van der Waals surface area contributed by atoms with Crippen LogP contribution in [0.3, 0.4) is 0 Å². The van der Waals surface area contributed by atoms with Crippen LogP contribution in [-0.2, 0) is 81.3 Å². The van der Waals surface area contributed by atoms with Crippen LogP contribution < -0.4 is 26.6 Å². The smallest absolute Gasteiger partial charge is 0.320 e. The average molecular weight is 1220 g/mol. The number of carbonyl (C=O) groups excluding carboxylic acids is 5. The first-order chi connectivity index (χ1) is 39.6. The van der Waals surface area contributed by atoms with E-state index in [0.717, 1.165) is 14.7 Å². The predicted molar refractivity (Wildman–Crippen MR) is 291 cm³/mol. The molecule has 34 heteroatoms. The molecule has 484 valence electrons. The van der Waals surface area contributed by atoms with E-state index in [2.05, 4.69) is 26.6 Å². The Morgan fingerprint density at radius 2 is 0.631 bits per heavy atom. The molecule has 34 nitrogen and oxygen atoms in total. The fraction of sp³-hybridized carbons (Fsp3) is 0.720. The summed E-state index contributed by atoms with van der Waals surface area (Å²) < 4.78 is 17.6. The minimum absolute atomic E-state index is 0. The molecular weight excluding hydrogens is 1130 g/mol. The number of ether oxygens (including phenoxy) is 3. The zero-order chi connectivity index (χ0) is 63.6. The van der Waals surface area contributed by atoms with Crippen LogP contribution in [-0.4, -0.2) is 273 Å². The minimum atomic E-state index is -1.57. The number of nitrogens with one attached hydrogen (secondary N) is 5. The van der Waals surface area contributed by atoms with Gasteiger partial charge in [0.2, 0.25) is 29.5 Å². The Labute approximate surface area is 487 Å². The Morgan fingerprint density at radius 3 is 0.881 bits per heavy atom. The second-order valence-electron chi connectivity index (χ2n) is 19.2. The second-order valence-corrected chi connectivity index (χ2v) is 19.2. The molecule has 0 aromatic heterocycles. The maximum Gasteiger partial charge on any atom is 0.320 e. The normalized spacial score (nSPS) is 13.0. The molecule has 0 aliphatic heterocycles. The minimum Gasteiger partial charge on any atom is -0.480 e. The molecule has 0 spiro atoms. The summed E-state index contributed by atoms with van der Waals surface area (Å²) in [6, 6.07) is -4.29. The summed E-state index contributed by atoms with van der Waals surface area (Å²) in [7, 11) is 0. The highest BCUT2D eigenvalue weighted by Crippen LogP contribution is 2.15. The van der Waals surface area contributed by atoms with Gasteiger partial charge in [0.05, 0.1) is 78.9 Å². The van der Waals surface area contributed by atoms with Crippen molar-refractivity contribution in [2.45, 2.75) is 127 Å². The standard InChI is InChI=1S/C50H82N8O26.3H2/c1-2-36(59)51-20-9-13-40(63)55-50(30-82-21-14-37(60)52-17-6-3-10-33(47(76)77)56(24-41(64)65)25-42(66)67,31-83-22-15-38(61)53-18-7-4-11-34(48(78)79)57(26-43(68)69)27-44(70)71)32-84-23-16-39(62)54-19-8-5-12-35(49(80)81)58(28-45(72)73)29-46(74)75;;;/h33-35H,2-32H2,1H3,(H,51,59)(H,52,60)(H,53,61)(H,54,62)(H,55,63)(H,64,65)(H,66,67)(H,68,69)(H,70,71)(H,72,73)(H,74,75)(H,76,77)(H,78,79)(H,80,81);3*1H. The Balaban J connectivity index is -0.0000115. The molecule has 14 N–H and O–H groups in total. The Kier molecular flexibility index (Phi) is 39.9. The number of aliphatic carboxylic acids is 9. The first kappa shape index (κ1) is 76.3. The number of rotatable bonds is 54. The number of nitrogens with zero attached hydrogens (tertiary/aromatic N) is 3. The van der Waals surface area contributed by atoms with Crippen LogP contribution in [0.5, 0.6) is 0 Å². The van der Waals surface area contributed by atoms with Gasteiger partial charge in [-0.1, -0.05) is 6.92 Å². The lowest BCUT2D eigenvalue weighted by molar-refractivity contribution is -0.152. The molecule has 0 aromatic carbocycles. The van der Waals surface area contributed by atoms with Crippen LogP contribution in [0.4, 0.5) is 0 Å². The molecule has 0 fully saturated rings. The number of amides is 5. The van der Waals surface area contributed by atoms with Crippen molar-refractivity contribution < 1.29 is 132 Å². The Morgan fingerprint density at radius 1 is 0.369 bits per heavy atom. The summed E-state index contributed by atoms with van der Waals surface area (Å²) in [5.41, 5.74) is -1.57. The molecule has 0 aliphatic carbocycles. The SMILES string of the molecule is CCC(=O)NCCCC(=O)NC(COCCC(=O)NCCCCC(C(=O)O)N(CC(=O)O)CC(=O)O)(COCCC(=O)NCCCCC(C(=O)O)N(CC(=O)O)CC(=O)O)COCCC(=O)NCCCCC(C(=O)O)N(CC(=O)O)CC(=O)O.[HH].[HH].[HH]. The quantitative estimate of drug-likeness (QED) is 0.0286. The molecule has 0 bridgehead atoms. The van der Waals surface area contributed by atoms with E-state index >= 15 is 0 Å². The summed E-state index contributed by atoms with van der Waals surface area (Å²) in [5, 5.41) is 97.1. The molecule has 0 saturated heterocycles. The summed E-state index contributed by atoms with van der Waals surface area (Å²) in [5.74, 6) is -15.2. The molecule has 3 unspecified atom stereocenters. The first-order valence-corrected chi connectivity index (χ1v) is 26.9. The predicted octanol–water partition coefficient (Wildman–Crippen LogP) is -2.26. The highest BCUT2D eigenvalue weighted by atomic mass is 16.5. The number of unbranched alkanes of at least 4 members (excludes halogenated alkanes) is 3. The van der Waals surface area contributed by atoms with Gasteiger partial charge in [-0.2, -0.15) is 0 Å². The van der Waals surface area contributed by atoms with Gasteiger partial charge in [0.25, 0.3) is 0 Å². The van der Waals surface area contributed by atoms with E-state index in [0.29, 0.717) is 0 Å².